The Bertz CT molecular complexity index is 828. The summed E-state index contributed by atoms with van der Waals surface area (Å²) in [5.74, 6) is -0.0739. The molecule has 1 unspecified atom stereocenters. The standard InChI is InChI=1S/C21H24Cl2N2O2S/c1-4-19(21(27)24-3)25(12-15-7-8-16(22)11-18(15)23)20(26)13-28-17-9-5-14(2)6-10-17/h5-11,19H,4,12-13H2,1-3H3,(H,24,27). The van der Waals surface area contributed by atoms with Gasteiger partial charge in [0.25, 0.3) is 0 Å². The molecule has 7 heteroatoms. The lowest BCUT2D eigenvalue weighted by Crippen LogP contribution is -2.48. The molecule has 0 aliphatic heterocycles. The number of halogens is 2. The van der Waals surface area contributed by atoms with Gasteiger partial charge in [-0.15, -0.1) is 11.8 Å². The van der Waals surface area contributed by atoms with E-state index in [0.717, 1.165) is 10.5 Å². The fourth-order valence-electron chi connectivity index (χ4n) is 2.78. The minimum absolute atomic E-state index is 0.118. The van der Waals surface area contributed by atoms with Crippen molar-refractivity contribution in [1.29, 1.82) is 0 Å². The van der Waals surface area contributed by atoms with Gasteiger partial charge < -0.3 is 10.2 Å². The Morgan fingerprint density at radius 1 is 1.14 bits per heavy atom. The van der Waals surface area contributed by atoms with Crippen LogP contribution in [0.25, 0.3) is 0 Å². The van der Waals surface area contributed by atoms with E-state index in [9.17, 15) is 9.59 Å². The maximum absolute atomic E-state index is 13.0. The van der Waals surface area contributed by atoms with Gasteiger partial charge in [0.1, 0.15) is 6.04 Å². The highest BCUT2D eigenvalue weighted by Gasteiger charge is 2.28. The molecule has 0 aliphatic rings. The second-order valence-corrected chi connectivity index (χ2v) is 8.29. The van der Waals surface area contributed by atoms with Crippen molar-refractivity contribution in [2.75, 3.05) is 12.8 Å². The predicted molar refractivity (Wildman–Crippen MR) is 117 cm³/mol. The zero-order chi connectivity index (χ0) is 20.7. The maximum atomic E-state index is 13.0. The molecule has 0 bridgehead atoms. The number of likely N-dealkylation sites (N-methyl/N-ethyl adjacent to an activating group) is 1. The summed E-state index contributed by atoms with van der Waals surface area (Å²) < 4.78 is 0. The van der Waals surface area contributed by atoms with Crippen molar-refractivity contribution in [3.63, 3.8) is 0 Å². The number of carbonyl (C=O) groups excluding carboxylic acids is 2. The van der Waals surface area contributed by atoms with Crippen LogP contribution in [0.5, 0.6) is 0 Å². The fourth-order valence-corrected chi connectivity index (χ4v) is 4.03. The highest BCUT2D eigenvalue weighted by Crippen LogP contribution is 2.25. The van der Waals surface area contributed by atoms with E-state index in [0.29, 0.717) is 16.5 Å². The van der Waals surface area contributed by atoms with Crippen LogP contribution in [0.4, 0.5) is 0 Å². The zero-order valence-corrected chi connectivity index (χ0v) is 18.5. The Morgan fingerprint density at radius 3 is 2.39 bits per heavy atom. The van der Waals surface area contributed by atoms with Gasteiger partial charge in [0, 0.05) is 28.5 Å². The van der Waals surface area contributed by atoms with Crippen molar-refractivity contribution in [2.24, 2.45) is 0 Å². The van der Waals surface area contributed by atoms with E-state index in [-0.39, 0.29) is 24.1 Å². The third-order valence-corrected chi connectivity index (χ3v) is 5.96. The number of benzene rings is 2. The highest BCUT2D eigenvalue weighted by molar-refractivity contribution is 8.00. The molecule has 0 saturated heterocycles. The minimum Gasteiger partial charge on any atom is -0.357 e. The molecule has 2 aromatic rings. The van der Waals surface area contributed by atoms with Crippen molar-refractivity contribution < 1.29 is 9.59 Å². The lowest BCUT2D eigenvalue weighted by molar-refractivity contribution is -0.139. The van der Waals surface area contributed by atoms with Gasteiger partial charge in [-0.2, -0.15) is 0 Å². The predicted octanol–water partition coefficient (Wildman–Crippen LogP) is 4.95. The monoisotopic (exact) mass is 438 g/mol. The van der Waals surface area contributed by atoms with E-state index in [2.05, 4.69) is 5.32 Å². The first-order chi connectivity index (χ1) is 13.3. The van der Waals surface area contributed by atoms with Gasteiger partial charge >= 0.3 is 0 Å². The Kier molecular flexibility index (Phi) is 8.67. The molecule has 2 amide bonds. The first-order valence-corrected chi connectivity index (χ1v) is 10.7. The molecule has 0 aromatic heterocycles. The quantitative estimate of drug-likeness (QED) is 0.593. The van der Waals surface area contributed by atoms with Crippen LogP contribution in [0.15, 0.2) is 47.4 Å². The van der Waals surface area contributed by atoms with Gasteiger partial charge in [0.2, 0.25) is 11.8 Å². The highest BCUT2D eigenvalue weighted by atomic mass is 35.5. The fraction of sp³-hybridized carbons (Fsp3) is 0.333. The number of hydrogen-bond donors (Lipinski definition) is 1. The van der Waals surface area contributed by atoms with Gasteiger partial charge in [-0.25, -0.2) is 0 Å². The molecule has 0 fully saturated rings. The van der Waals surface area contributed by atoms with Crippen molar-refractivity contribution in [3.05, 3.63) is 63.6 Å². The third-order valence-electron chi connectivity index (χ3n) is 4.37. The summed E-state index contributed by atoms with van der Waals surface area (Å²) in [6, 6.07) is 12.6. The minimum atomic E-state index is -0.567. The number of rotatable bonds is 8. The SMILES string of the molecule is CCC(C(=O)NC)N(Cc1ccc(Cl)cc1Cl)C(=O)CSc1ccc(C)cc1. The van der Waals surface area contributed by atoms with Crippen LogP contribution in [0.2, 0.25) is 10.0 Å². The molecular weight excluding hydrogens is 415 g/mol. The van der Waals surface area contributed by atoms with Crippen LogP contribution >= 0.6 is 35.0 Å². The summed E-state index contributed by atoms with van der Waals surface area (Å²) in [5, 5.41) is 3.65. The van der Waals surface area contributed by atoms with E-state index < -0.39 is 6.04 Å². The first-order valence-electron chi connectivity index (χ1n) is 9.00. The van der Waals surface area contributed by atoms with Crippen LogP contribution < -0.4 is 5.32 Å². The third kappa shape index (κ3) is 6.16. The van der Waals surface area contributed by atoms with E-state index in [4.69, 9.17) is 23.2 Å². The normalized spacial score (nSPS) is 11.8. The number of carbonyl (C=O) groups is 2. The summed E-state index contributed by atoms with van der Waals surface area (Å²) in [6.45, 7) is 4.15. The molecule has 0 radical (unpaired) electrons. The second-order valence-electron chi connectivity index (χ2n) is 6.40. The number of thioether (sulfide) groups is 1. The molecule has 0 heterocycles. The molecule has 2 aromatic carbocycles. The van der Waals surface area contributed by atoms with Crippen molar-refractivity contribution in [1.82, 2.24) is 10.2 Å². The molecule has 0 saturated carbocycles. The molecule has 150 valence electrons. The lowest BCUT2D eigenvalue weighted by Gasteiger charge is -2.30. The lowest BCUT2D eigenvalue weighted by atomic mass is 10.1. The Hall–Kier alpha value is -1.69. The van der Waals surface area contributed by atoms with Crippen LogP contribution in [-0.2, 0) is 16.1 Å². The van der Waals surface area contributed by atoms with Gasteiger partial charge in [0.05, 0.1) is 5.75 Å². The van der Waals surface area contributed by atoms with Crippen LogP contribution in [-0.4, -0.2) is 35.6 Å². The van der Waals surface area contributed by atoms with Gasteiger partial charge in [-0.3, -0.25) is 9.59 Å². The van der Waals surface area contributed by atoms with Gasteiger partial charge in [-0.1, -0.05) is 53.9 Å². The van der Waals surface area contributed by atoms with E-state index in [1.54, 1.807) is 30.1 Å². The number of nitrogens with one attached hydrogen (secondary N) is 1. The molecule has 28 heavy (non-hydrogen) atoms. The topological polar surface area (TPSA) is 49.4 Å². The molecule has 4 nitrogen and oxygen atoms in total. The maximum Gasteiger partial charge on any atom is 0.242 e. The van der Waals surface area contributed by atoms with E-state index >= 15 is 0 Å². The van der Waals surface area contributed by atoms with Crippen LogP contribution in [0.3, 0.4) is 0 Å². The summed E-state index contributed by atoms with van der Waals surface area (Å²) >= 11 is 13.7. The first kappa shape index (κ1) is 22.6. The largest absolute Gasteiger partial charge is 0.357 e. The van der Waals surface area contributed by atoms with E-state index in [1.165, 1.54) is 17.3 Å². The van der Waals surface area contributed by atoms with Crippen LogP contribution in [0.1, 0.15) is 24.5 Å². The summed E-state index contributed by atoms with van der Waals surface area (Å²) in [4.78, 5) is 28.0. The van der Waals surface area contributed by atoms with Crippen molar-refractivity contribution >= 4 is 46.8 Å². The van der Waals surface area contributed by atoms with Crippen LogP contribution in [0, 0.1) is 6.92 Å². The van der Waals surface area contributed by atoms with E-state index in [1.807, 2.05) is 38.1 Å². The Labute approximate surface area is 180 Å². The summed E-state index contributed by atoms with van der Waals surface area (Å²) in [6.07, 6.45) is 0.506. The second kappa shape index (κ2) is 10.7. The van der Waals surface area contributed by atoms with Gasteiger partial charge in [0.15, 0.2) is 0 Å². The molecule has 0 spiro atoms. The number of amides is 2. The average molecular weight is 439 g/mol. The summed E-state index contributed by atoms with van der Waals surface area (Å²) in [5.41, 5.74) is 1.92. The van der Waals surface area contributed by atoms with Gasteiger partial charge in [-0.05, 0) is 43.2 Å². The number of nitrogens with zero attached hydrogens (tertiary/aromatic N) is 1. The smallest absolute Gasteiger partial charge is 0.242 e. The Morgan fingerprint density at radius 2 is 1.82 bits per heavy atom. The Balaban J connectivity index is 2.21. The molecular formula is C21H24Cl2N2O2S. The molecule has 1 N–H and O–H groups in total. The summed E-state index contributed by atoms with van der Waals surface area (Å²) in [7, 11) is 1.57. The number of hydrogen-bond acceptors (Lipinski definition) is 3. The average Bonchev–Trinajstić information content (AvgIpc) is 2.68. The van der Waals surface area contributed by atoms with Crippen molar-refractivity contribution in [2.45, 2.75) is 37.8 Å². The molecule has 0 aliphatic carbocycles. The zero-order valence-electron chi connectivity index (χ0n) is 16.2. The number of aryl methyl sites for hydroxylation is 1. The molecule has 1 atom stereocenters. The van der Waals surface area contributed by atoms with Crippen molar-refractivity contribution in [3.8, 4) is 0 Å². The molecule has 2 rings (SSSR count).